The van der Waals surface area contributed by atoms with Gasteiger partial charge in [-0.15, -0.1) is 0 Å². The molecule has 0 saturated carbocycles. The van der Waals surface area contributed by atoms with E-state index in [0.717, 1.165) is 22.3 Å². The maximum Gasteiger partial charge on any atom is 0.239 e. The summed E-state index contributed by atoms with van der Waals surface area (Å²) >= 11 is 0. The van der Waals surface area contributed by atoms with Crippen molar-refractivity contribution in [1.82, 2.24) is 19.5 Å². The van der Waals surface area contributed by atoms with Crippen LogP contribution in [-0.4, -0.2) is 50.7 Å². The largest absolute Gasteiger partial charge is 0.338 e. The number of fused-ring (bicyclic) bond motifs is 1. The van der Waals surface area contributed by atoms with E-state index in [1.165, 1.54) is 11.2 Å². The zero-order valence-corrected chi connectivity index (χ0v) is 14.3. The van der Waals surface area contributed by atoms with Crippen molar-refractivity contribution >= 4 is 11.6 Å². The number of aromatic nitrogens is 3. The second-order valence-corrected chi connectivity index (χ2v) is 6.66. The van der Waals surface area contributed by atoms with Crippen LogP contribution in [-0.2, 0) is 11.2 Å². The number of hydrogen-bond donors (Lipinski definition) is 1. The van der Waals surface area contributed by atoms with Crippen molar-refractivity contribution in [2.45, 2.75) is 25.1 Å². The summed E-state index contributed by atoms with van der Waals surface area (Å²) in [7, 11) is 0. The molecule has 0 aliphatic carbocycles. The van der Waals surface area contributed by atoms with Crippen LogP contribution in [0.1, 0.15) is 12.0 Å². The van der Waals surface area contributed by atoms with Crippen LogP contribution in [0.25, 0.3) is 16.8 Å². The average Bonchev–Trinajstić information content (AvgIpc) is 3.29. The predicted octanol–water partition coefficient (Wildman–Crippen LogP) is 1.84. The van der Waals surface area contributed by atoms with E-state index in [1.54, 1.807) is 4.52 Å². The summed E-state index contributed by atoms with van der Waals surface area (Å²) in [6.07, 6.45) is 3.31. The number of amides is 1. The van der Waals surface area contributed by atoms with Crippen molar-refractivity contribution in [1.29, 1.82) is 0 Å². The molecule has 7 heteroatoms. The van der Waals surface area contributed by atoms with Gasteiger partial charge in [0.05, 0.1) is 12.6 Å². The molecule has 1 aromatic carbocycles. The molecule has 1 fully saturated rings. The quantitative estimate of drug-likeness (QED) is 0.776. The second-order valence-electron chi connectivity index (χ2n) is 6.66. The zero-order valence-electron chi connectivity index (χ0n) is 14.3. The highest BCUT2D eigenvalue weighted by atomic mass is 19.1. The van der Waals surface area contributed by atoms with Gasteiger partial charge < -0.3 is 10.6 Å². The van der Waals surface area contributed by atoms with Gasteiger partial charge in [-0.1, -0.05) is 24.3 Å². The molecular formula is C19H20FN5O. The summed E-state index contributed by atoms with van der Waals surface area (Å²) in [5.41, 5.74) is 9.91. The zero-order chi connectivity index (χ0) is 18.1. The first-order chi connectivity index (χ1) is 12.6. The van der Waals surface area contributed by atoms with E-state index in [2.05, 4.69) is 10.1 Å². The van der Waals surface area contributed by atoms with Crippen LogP contribution in [0, 0.1) is 0 Å². The SMILES string of the molecule is N[C@@H](Cc1ccc(-c2ccn3ncnc3c2)cc1)C(=O)N1CC[C@@H](F)C1. The molecule has 0 spiro atoms. The maximum absolute atomic E-state index is 13.3. The molecule has 2 atom stereocenters. The van der Waals surface area contributed by atoms with Crippen molar-refractivity contribution in [3.63, 3.8) is 0 Å². The smallest absolute Gasteiger partial charge is 0.239 e. The van der Waals surface area contributed by atoms with E-state index in [4.69, 9.17) is 5.73 Å². The number of carbonyl (C=O) groups is 1. The Bertz CT molecular complexity index is 923. The molecule has 0 bridgehead atoms. The third-order valence-electron chi connectivity index (χ3n) is 4.78. The van der Waals surface area contributed by atoms with E-state index in [-0.39, 0.29) is 12.5 Å². The van der Waals surface area contributed by atoms with Crippen LogP contribution in [0.3, 0.4) is 0 Å². The molecule has 1 amide bonds. The average molecular weight is 353 g/mol. The van der Waals surface area contributed by atoms with Gasteiger partial charge in [-0.05, 0) is 41.7 Å². The van der Waals surface area contributed by atoms with Crippen LogP contribution in [0.2, 0.25) is 0 Å². The minimum absolute atomic E-state index is 0.163. The molecule has 6 nitrogen and oxygen atoms in total. The number of alkyl halides is 1. The van der Waals surface area contributed by atoms with E-state index < -0.39 is 12.2 Å². The van der Waals surface area contributed by atoms with Gasteiger partial charge in [0.15, 0.2) is 5.65 Å². The first kappa shape index (κ1) is 16.7. The van der Waals surface area contributed by atoms with Crippen molar-refractivity contribution in [3.05, 3.63) is 54.5 Å². The predicted molar refractivity (Wildman–Crippen MR) is 96.2 cm³/mol. The number of hydrogen-bond acceptors (Lipinski definition) is 4. The summed E-state index contributed by atoms with van der Waals surface area (Å²) in [6.45, 7) is 0.619. The van der Waals surface area contributed by atoms with Gasteiger partial charge in [0.2, 0.25) is 5.91 Å². The number of benzene rings is 1. The third kappa shape index (κ3) is 3.30. The fourth-order valence-corrected chi connectivity index (χ4v) is 3.32. The number of carbonyl (C=O) groups excluding carboxylic acids is 1. The second kappa shape index (κ2) is 6.84. The lowest BCUT2D eigenvalue weighted by Gasteiger charge is -2.20. The van der Waals surface area contributed by atoms with E-state index >= 15 is 0 Å². The Balaban J connectivity index is 1.44. The molecule has 2 N–H and O–H groups in total. The van der Waals surface area contributed by atoms with E-state index in [0.29, 0.717) is 19.4 Å². The number of pyridine rings is 1. The number of likely N-dealkylation sites (tertiary alicyclic amines) is 1. The summed E-state index contributed by atoms with van der Waals surface area (Å²) in [5.74, 6) is -0.175. The van der Waals surface area contributed by atoms with Gasteiger partial charge in [-0.3, -0.25) is 4.79 Å². The molecule has 1 saturated heterocycles. The Kier molecular flexibility index (Phi) is 4.38. The molecule has 1 aliphatic rings. The van der Waals surface area contributed by atoms with Crippen molar-refractivity contribution in [3.8, 4) is 11.1 Å². The lowest BCUT2D eigenvalue weighted by Crippen LogP contribution is -2.44. The molecule has 0 radical (unpaired) electrons. The highest BCUT2D eigenvalue weighted by Gasteiger charge is 2.29. The van der Waals surface area contributed by atoms with Gasteiger partial charge in [0.25, 0.3) is 0 Å². The van der Waals surface area contributed by atoms with Crippen LogP contribution in [0.5, 0.6) is 0 Å². The summed E-state index contributed by atoms with van der Waals surface area (Å²) in [5, 5.41) is 4.09. The fraction of sp³-hybridized carbons (Fsp3) is 0.316. The van der Waals surface area contributed by atoms with Gasteiger partial charge in [0.1, 0.15) is 12.5 Å². The molecule has 3 aromatic rings. The Labute approximate surface area is 150 Å². The Morgan fingerprint density at radius 2 is 2.08 bits per heavy atom. The van der Waals surface area contributed by atoms with E-state index in [9.17, 15) is 9.18 Å². The molecule has 26 heavy (non-hydrogen) atoms. The standard InChI is InChI=1S/C19H20FN5O/c20-16-6-7-24(11-16)19(26)17(21)9-13-1-3-14(4-2-13)15-5-8-25-18(10-15)22-12-23-25/h1-5,8,10,12,16-17H,6-7,9,11,21H2/t16-,17+/m1/s1. The van der Waals surface area contributed by atoms with Gasteiger partial charge in [-0.25, -0.2) is 13.9 Å². The van der Waals surface area contributed by atoms with Crippen molar-refractivity contribution < 1.29 is 9.18 Å². The Morgan fingerprint density at radius 1 is 1.27 bits per heavy atom. The molecule has 2 aromatic heterocycles. The number of halogens is 1. The van der Waals surface area contributed by atoms with Gasteiger partial charge >= 0.3 is 0 Å². The Morgan fingerprint density at radius 3 is 2.81 bits per heavy atom. The van der Waals surface area contributed by atoms with E-state index in [1.807, 2.05) is 42.6 Å². The molecule has 3 heterocycles. The van der Waals surface area contributed by atoms with Gasteiger partial charge in [0, 0.05) is 12.7 Å². The molecule has 0 unspecified atom stereocenters. The molecule has 134 valence electrons. The monoisotopic (exact) mass is 353 g/mol. The summed E-state index contributed by atoms with van der Waals surface area (Å²) < 4.78 is 15.0. The van der Waals surface area contributed by atoms with Gasteiger partial charge in [-0.2, -0.15) is 5.10 Å². The first-order valence-electron chi connectivity index (χ1n) is 8.67. The van der Waals surface area contributed by atoms with Crippen molar-refractivity contribution in [2.24, 2.45) is 5.73 Å². The topological polar surface area (TPSA) is 76.5 Å². The van der Waals surface area contributed by atoms with Crippen molar-refractivity contribution in [2.75, 3.05) is 13.1 Å². The molecular weight excluding hydrogens is 333 g/mol. The maximum atomic E-state index is 13.3. The number of nitrogens with zero attached hydrogens (tertiary/aromatic N) is 4. The van der Waals surface area contributed by atoms with Crippen LogP contribution in [0.15, 0.2) is 48.9 Å². The lowest BCUT2D eigenvalue weighted by molar-refractivity contribution is -0.131. The number of rotatable bonds is 4. The third-order valence-corrected chi connectivity index (χ3v) is 4.78. The Hall–Kier alpha value is -2.80. The van der Waals surface area contributed by atoms with Crippen LogP contribution in [0.4, 0.5) is 4.39 Å². The highest BCUT2D eigenvalue weighted by molar-refractivity contribution is 5.82. The first-order valence-corrected chi connectivity index (χ1v) is 8.67. The summed E-state index contributed by atoms with van der Waals surface area (Å²) in [4.78, 5) is 18.0. The minimum atomic E-state index is -0.923. The molecule has 4 rings (SSSR count). The highest BCUT2D eigenvalue weighted by Crippen LogP contribution is 2.21. The van der Waals surface area contributed by atoms with Crippen LogP contribution >= 0.6 is 0 Å². The summed E-state index contributed by atoms with van der Waals surface area (Å²) in [6, 6.07) is 11.3. The lowest BCUT2D eigenvalue weighted by atomic mass is 10.0. The fourth-order valence-electron chi connectivity index (χ4n) is 3.32. The van der Waals surface area contributed by atoms with Crippen LogP contribution < -0.4 is 5.73 Å². The number of nitrogens with two attached hydrogens (primary N) is 1. The normalized spacial score (nSPS) is 18.4. The molecule has 1 aliphatic heterocycles. The minimum Gasteiger partial charge on any atom is -0.338 e.